The van der Waals surface area contributed by atoms with Crippen molar-refractivity contribution in [2.45, 2.75) is 6.92 Å². The summed E-state index contributed by atoms with van der Waals surface area (Å²) in [6.45, 7) is 3.79. The van der Waals surface area contributed by atoms with Gasteiger partial charge in [0.2, 0.25) is 6.79 Å². The van der Waals surface area contributed by atoms with Crippen molar-refractivity contribution < 1.29 is 23.7 Å². The smallest absolute Gasteiger partial charge is 0.330 e. The molecule has 0 amide bonds. The van der Waals surface area contributed by atoms with Gasteiger partial charge in [-0.3, -0.25) is 0 Å². The Hall–Kier alpha value is -1.72. The first kappa shape index (κ1) is 14.2. The van der Waals surface area contributed by atoms with Gasteiger partial charge in [-0.05, 0) is 23.8 Å². The number of esters is 1. The molecular weight excluding hydrogens is 296 g/mol. The van der Waals surface area contributed by atoms with E-state index >= 15 is 0 Å². The first-order chi connectivity index (χ1) is 10.1. The summed E-state index contributed by atoms with van der Waals surface area (Å²) in [5, 5.41) is 0.456. The number of carbonyl (C=O) groups excluding carboxylic acids is 1. The Bertz CT molecular complexity index is 592. The lowest BCUT2D eigenvalue weighted by Gasteiger charge is -2.36. The van der Waals surface area contributed by atoms with Crippen LogP contribution in [0, 0.1) is 5.41 Å². The number of rotatable bonds is 4. The van der Waals surface area contributed by atoms with Crippen molar-refractivity contribution in [1.82, 2.24) is 0 Å². The molecule has 0 aromatic heterocycles. The zero-order chi connectivity index (χ0) is 14.9. The Morgan fingerprint density at radius 1 is 1.43 bits per heavy atom. The van der Waals surface area contributed by atoms with E-state index in [2.05, 4.69) is 0 Å². The fraction of sp³-hybridized carbons (Fsp3) is 0.400. The molecule has 0 saturated carbocycles. The van der Waals surface area contributed by atoms with Crippen LogP contribution in [0.25, 0.3) is 6.08 Å². The molecule has 0 aliphatic carbocycles. The highest BCUT2D eigenvalue weighted by molar-refractivity contribution is 6.32. The highest BCUT2D eigenvalue weighted by atomic mass is 35.5. The molecule has 2 aliphatic heterocycles. The van der Waals surface area contributed by atoms with Crippen LogP contribution in [0.5, 0.6) is 11.5 Å². The summed E-state index contributed by atoms with van der Waals surface area (Å²) < 4.78 is 20.8. The van der Waals surface area contributed by atoms with Crippen molar-refractivity contribution in [3.8, 4) is 11.5 Å². The number of carbonyl (C=O) groups is 1. The molecule has 1 saturated heterocycles. The third-order valence-electron chi connectivity index (χ3n) is 3.33. The minimum absolute atomic E-state index is 0.0500. The second-order valence-electron chi connectivity index (χ2n) is 5.48. The lowest BCUT2D eigenvalue weighted by Crippen LogP contribution is -2.43. The summed E-state index contributed by atoms with van der Waals surface area (Å²) in [4.78, 5) is 11.7. The molecular formula is C15H15ClO5. The van der Waals surface area contributed by atoms with Crippen molar-refractivity contribution in [3.05, 3.63) is 28.8 Å². The minimum atomic E-state index is -0.392. The van der Waals surface area contributed by atoms with Gasteiger partial charge >= 0.3 is 5.97 Å². The molecule has 1 aromatic rings. The summed E-state index contributed by atoms with van der Waals surface area (Å²) in [5.74, 6) is 0.723. The fourth-order valence-corrected chi connectivity index (χ4v) is 2.35. The van der Waals surface area contributed by atoms with Gasteiger partial charge in [-0.2, -0.15) is 0 Å². The van der Waals surface area contributed by atoms with E-state index in [9.17, 15) is 4.79 Å². The highest BCUT2D eigenvalue weighted by Crippen LogP contribution is 2.40. The Morgan fingerprint density at radius 3 is 2.95 bits per heavy atom. The first-order valence-corrected chi connectivity index (χ1v) is 6.95. The zero-order valence-corrected chi connectivity index (χ0v) is 12.3. The molecule has 0 atom stereocenters. The Labute approximate surface area is 127 Å². The van der Waals surface area contributed by atoms with Gasteiger partial charge in [-0.1, -0.05) is 18.5 Å². The summed E-state index contributed by atoms with van der Waals surface area (Å²) in [7, 11) is 0. The van der Waals surface area contributed by atoms with Crippen LogP contribution in [0.3, 0.4) is 0 Å². The van der Waals surface area contributed by atoms with Crippen molar-refractivity contribution in [2.24, 2.45) is 5.41 Å². The standard InChI is InChI=1S/C15H15ClO5/c1-15(6-18-7-15)8-19-13(17)3-2-10-4-11(16)14-12(5-10)20-9-21-14/h2-5H,6-9H2,1H3. The quantitative estimate of drug-likeness (QED) is 0.632. The van der Waals surface area contributed by atoms with E-state index in [0.717, 1.165) is 5.56 Å². The number of ether oxygens (including phenoxy) is 4. The van der Waals surface area contributed by atoms with E-state index < -0.39 is 5.97 Å². The summed E-state index contributed by atoms with van der Waals surface area (Å²) in [6.07, 6.45) is 3.01. The molecule has 21 heavy (non-hydrogen) atoms. The molecule has 2 heterocycles. The maximum Gasteiger partial charge on any atom is 0.330 e. The third-order valence-corrected chi connectivity index (χ3v) is 3.61. The minimum Gasteiger partial charge on any atom is -0.462 e. The number of halogens is 1. The van der Waals surface area contributed by atoms with Gasteiger partial charge in [0.15, 0.2) is 11.5 Å². The summed E-state index contributed by atoms with van der Waals surface area (Å²) in [6, 6.07) is 3.47. The van der Waals surface area contributed by atoms with E-state index in [1.54, 1.807) is 18.2 Å². The highest BCUT2D eigenvalue weighted by Gasteiger charge is 2.34. The van der Waals surface area contributed by atoms with Crippen LogP contribution in [0.15, 0.2) is 18.2 Å². The van der Waals surface area contributed by atoms with E-state index in [-0.39, 0.29) is 12.2 Å². The lowest BCUT2D eigenvalue weighted by molar-refractivity contribution is -0.160. The molecule has 112 valence electrons. The average molecular weight is 311 g/mol. The molecule has 2 aliphatic rings. The molecule has 0 spiro atoms. The van der Waals surface area contributed by atoms with E-state index in [1.807, 2.05) is 6.92 Å². The van der Waals surface area contributed by atoms with Crippen LogP contribution in [-0.4, -0.2) is 32.6 Å². The predicted molar refractivity (Wildman–Crippen MR) is 76.5 cm³/mol. The normalized spacial score (nSPS) is 18.6. The van der Waals surface area contributed by atoms with E-state index in [4.69, 9.17) is 30.5 Å². The lowest BCUT2D eigenvalue weighted by atomic mass is 9.90. The largest absolute Gasteiger partial charge is 0.462 e. The molecule has 3 rings (SSSR count). The number of hydrogen-bond donors (Lipinski definition) is 0. The van der Waals surface area contributed by atoms with Crippen LogP contribution in [0.1, 0.15) is 12.5 Å². The Kier molecular flexibility index (Phi) is 3.78. The topological polar surface area (TPSA) is 54.0 Å². The van der Waals surface area contributed by atoms with Crippen molar-refractivity contribution in [3.63, 3.8) is 0 Å². The van der Waals surface area contributed by atoms with Gasteiger partial charge < -0.3 is 18.9 Å². The van der Waals surface area contributed by atoms with Crippen LogP contribution < -0.4 is 9.47 Å². The molecule has 5 nitrogen and oxygen atoms in total. The van der Waals surface area contributed by atoms with Gasteiger partial charge in [0.1, 0.15) is 6.61 Å². The van der Waals surface area contributed by atoms with Crippen molar-refractivity contribution in [1.29, 1.82) is 0 Å². The monoisotopic (exact) mass is 310 g/mol. The molecule has 0 radical (unpaired) electrons. The van der Waals surface area contributed by atoms with Crippen LogP contribution in [0.4, 0.5) is 0 Å². The fourth-order valence-electron chi connectivity index (χ4n) is 2.08. The molecule has 1 aromatic carbocycles. The molecule has 0 unspecified atom stereocenters. The Balaban J connectivity index is 1.60. The second-order valence-corrected chi connectivity index (χ2v) is 5.89. The number of fused-ring (bicyclic) bond motifs is 1. The Morgan fingerprint density at radius 2 is 2.24 bits per heavy atom. The van der Waals surface area contributed by atoms with E-state index in [0.29, 0.717) is 36.3 Å². The predicted octanol–water partition coefficient (Wildman–Crippen LogP) is 2.66. The van der Waals surface area contributed by atoms with Gasteiger partial charge in [-0.15, -0.1) is 0 Å². The van der Waals surface area contributed by atoms with Crippen LogP contribution >= 0.6 is 11.6 Å². The van der Waals surface area contributed by atoms with Crippen LogP contribution in [0.2, 0.25) is 5.02 Å². The number of benzene rings is 1. The molecule has 1 fully saturated rings. The summed E-state index contributed by atoms with van der Waals surface area (Å²) in [5.41, 5.74) is 0.699. The van der Waals surface area contributed by atoms with Gasteiger partial charge in [0.25, 0.3) is 0 Å². The maximum atomic E-state index is 11.7. The van der Waals surface area contributed by atoms with Crippen molar-refractivity contribution in [2.75, 3.05) is 26.6 Å². The van der Waals surface area contributed by atoms with Gasteiger partial charge in [0, 0.05) is 11.5 Å². The zero-order valence-electron chi connectivity index (χ0n) is 11.6. The maximum absolute atomic E-state index is 11.7. The van der Waals surface area contributed by atoms with Crippen molar-refractivity contribution >= 4 is 23.6 Å². The molecule has 0 bridgehead atoms. The second kappa shape index (κ2) is 5.58. The average Bonchev–Trinajstić information content (AvgIpc) is 2.89. The third kappa shape index (κ3) is 3.14. The first-order valence-electron chi connectivity index (χ1n) is 6.57. The number of hydrogen-bond acceptors (Lipinski definition) is 5. The molecule has 0 N–H and O–H groups in total. The van der Waals surface area contributed by atoms with Gasteiger partial charge in [-0.25, -0.2) is 4.79 Å². The van der Waals surface area contributed by atoms with Crippen LogP contribution in [-0.2, 0) is 14.3 Å². The summed E-state index contributed by atoms with van der Waals surface area (Å²) >= 11 is 6.07. The molecule has 6 heteroatoms. The SMILES string of the molecule is CC1(COC(=O)C=Cc2cc(Cl)c3c(c2)OCO3)COC1. The van der Waals surface area contributed by atoms with E-state index in [1.165, 1.54) is 6.08 Å². The van der Waals surface area contributed by atoms with Gasteiger partial charge in [0.05, 0.1) is 18.2 Å².